The highest BCUT2D eigenvalue weighted by Crippen LogP contribution is 2.17. The van der Waals surface area contributed by atoms with E-state index in [9.17, 15) is 4.79 Å². The van der Waals surface area contributed by atoms with Crippen LogP contribution in [0.15, 0.2) is 30.5 Å². The molecule has 2 aromatic rings. The van der Waals surface area contributed by atoms with Crippen molar-refractivity contribution in [3.63, 3.8) is 0 Å². The Morgan fingerprint density at radius 3 is 2.79 bits per heavy atom. The number of hydrogen-bond donors (Lipinski definition) is 0. The van der Waals surface area contributed by atoms with Crippen molar-refractivity contribution < 1.29 is 9.53 Å². The first-order chi connectivity index (χ1) is 9.13. The zero-order chi connectivity index (χ0) is 13.8. The highest BCUT2D eigenvalue weighted by Gasteiger charge is 2.16. The normalized spacial score (nSPS) is 10.5. The van der Waals surface area contributed by atoms with Gasteiger partial charge in [0.15, 0.2) is 0 Å². The zero-order valence-corrected chi connectivity index (χ0v) is 11.5. The zero-order valence-electron chi connectivity index (χ0n) is 11.5. The maximum absolute atomic E-state index is 11.8. The lowest BCUT2D eigenvalue weighted by Crippen LogP contribution is -2.09. The van der Waals surface area contributed by atoms with Crippen LogP contribution in [0.3, 0.4) is 0 Å². The van der Waals surface area contributed by atoms with E-state index in [1.807, 2.05) is 45.0 Å². The van der Waals surface area contributed by atoms with Gasteiger partial charge in [-0.2, -0.15) is 0 Å². The Morgan fingerprint density at radius 1 is 1.37 bits per heavy atom. The molecular weight excluding hydrogens is 240 g/mol. The maximum atomic E-state index is 11.8. The second kappa shape index (κ2) is 5.69. The monoisotopic (exact) mass is 258 g/mol. The number of pyridine rings is 1. The van der Waals surface area contributed by atoms with E-state index in [1.54, 1.807) is 6.20 Å². The molecule has 0 fully saturated rings. The van der Waals surface area contributed by atoms with Gasteiger partial charge in [0.2, 0.25) is 0 Å². The Hall–Kier alpha value is -2.10. The molecule has 0 aliphatic carbocycles. The SMILES string of the molecule is CCOC(=O)c1cc(C)n(Cc2ccccn2)c1C. The van der Waals surface area contributed by atoms with Gasteiger partial charge in [0, 0.05) is 17.6 Å². The summed E-state index contributed by atoms with van der Waals surface area (Å²) in [6.45, 7) is 6.78. The van der Waals surface area contributed by atoms with Gasteiger partial charge in [0.05, 0.1) is 24.4 Å². The molecule has 0 amide bonds. The Balaban J connectivity index is 2.29. The summed E-state index contributed by atoms with van der Waals surface area (Å²) in [5, 5.41) is 0. The lowest BCUT2D eigenvalue weighted by molar-refractivity contribution is 0.0525. The van der Waals surface area contributed by atoms with Crippen LogP contribution in [0.4, 0.5) is 0 Å². The molecule has 0 aromatic carbocycles. The molecule has 4 heteroatoms. The topological polar surface area (TPSA) is 44.1 Å². The summed E-state index contributed by atoms with van der Waals surface area (Å²) in [4.78, 5) is 16.1. The average molecular weight is 258 g/mol. The molecule has 0 bridgehead atoms. The van der Waals surface area contributed by atoms with Crippen molar-refractivity contribution in [1.29, 1.82) is 0 Å². The van der Waals surface area contributed by atoms with Gasteiger partial charge in [-0.15, -0.1) is 0 Å². The van der Waals surface area contributed by atoms with Gasteiger partial charge in [0.25, 0.3) is 0 Å². The fraction of sp³-hybridized carbons (Fsp3) is 0.333. The van der Waals surface area contributed by atoms with Gasteiger partial charge >= 0.3 is 5.97 Å². The Morgan fingerprint density at radius 2 is 2.16 bits per heavy atom. The summed E-state index contributed by atoms with van der Waals surface area (Å²) in [6, 6.07) is 7.70. The van der Waals surface area contributed by atoms with E-state index in [0.29, 0.717) is 18.7 Å². The molecule has 0 spiro atoms. The fourth-order valence-corrected chi connectivity index (χ4v) is 2.11. The first-order valence-corrected chi connectivity index (χ1v) is 6.37. The van der Waals surface area contributed by atoms with Crippen LogP contribution >= 0.6 is 0 Å². The van der Waals surface area contributed by atoms with E-state index in [1.165, 1.54) is 0 Å². The number of aryl methyl sites for hydroxylation is 1. The summed E-state index contributed by atoms with van der Waals surface area (Å²) in [7, 11) is 0. The number of nitrogens with zero attached hydrogens (tertiary/aromatic N) is 2. The second-order valence-corrected chi connectivity index (χ2v) is 4.41. The summed E-state index contributed by atoms with van der Waals surface area (Å²) < 4.78 is 7.14. The third-order valence-electron chi connectivity index (χ3n) is 3.12. The van der Waals surface area contributed by atoms with E-state index in [-0.39, 0.29) is 5.97 Å². The number of carbonyl (C=O) groups excluding carboxylic acids is 1. The third kappa shape index (κ3) is 2.84. The molecular formula is C15H18N2O2. The average Bonchev–Trinajstić information content (AvgIpc) is 2.68. The van der Waals surface area contributed by atoms with Crippen LogP contribution < -0.4 is 0 Å². The van der Waals surface area contributed by atoms with Crippen molar-refractivity contribution in [3.05, 3.63) is 53.1 Å². The molecule has 0 radical (unpaired) electrons. The van der Waals surface area contributed by atoms with Crippen LogP contribution in [0.25, 0.3) is 0 Å². The van der Waals surface area contributed by atoms with Crippen LogP contribution in [-0.2, 0) is 11.3 Å². The van der Waals surface area contributed by atoms with Crippen LogP contribution in [0.2, 0.25) is 0 Å². The van der Waals surface area contributed by atoms with Gasteiger partial charge in [-0.3, -0.25) is 4.98 Å². The molecule has 0 unspecified atom stereocenters. The number of rotatable bonds is 4. The van der Waals surface area contributed by atoms with Crippen molar-refractivity contribution in [1.82, 2.24) is 9.55 Å². The maximum Gasteiger partial charge on any atom is 0.339 e. The lowest BCUT2D eigenvalue weighted by Gasteiger charge is -2.09. The minimum Gasteiger partial charge on any atom is -0.462 e. The van der Waals surface area contributed by atoms with E-state index in [4.69, 9.17) is 4.74 Å². The lowest BCUT2D eigenvalue weighted by atomic mass is 10.2. The molecule has 0 saturated heterocycles. The summed E-state index contributed by atoms with van der Waals surface area (Å²) in [5.41, 5.74) is 3.56. The van der Waals surface area contributed by atoms with Crippen LogP contribution in [0, 0.1) is 13.8 Å². The number of ether oxygens (including phenoxy) is 1. The molecule has 100 valence electrons. The molecule has 2 aromatic heterocycles. The molecule has 0 atom stereocenters. The molecule has 0 N–H and O–H groups in total. The molecule has 19 heavy (non-hydrogen) atoms. The number of aromatic nitrogens is 2. The Kier molecular flexibility index (Phi) is 4.00. The smallest absolute Gasteiger partial charge is 0.339 e. The highest BCUT2D eigenvalue weighted by atomic mass is 16.5. The highest BCUT2D eigenvalue weighted by molar-refractivity contribution is 5.91. The number of hydrogen-bond acceptors (Lipinski definition) is 3. The minimum absolute atomic E-state index is 0.261. The largest absolute Gasteiger partial charge is 0.462 e. The van der Waals surface area contributed by atoms with Gasteiger partial charge in [-0.25, -0.2) is 4.79 Å². The summed E-state index contributed by atoms with van der Waals surface area (Å²) in [6.07, 6.45) is 1.77. The fourth-order valence-electron chi connectivity index (χ4n) is 2.11. The quantitative estimate of drug-likeness (QED) is 0.792. The summed E-state index contributed by atoms with van der Waals surface area (Å²) >= 11 is 0. The van der Waals surface area contributed by atoms with E-state index in [2.05, 4.69) is 9.55 Å². The predicted molar refractivity (Wildman–Crippen MR) is 73.2 cm³/mol. The second-order valence-electron chi connectivity index (χ2n) is 4.41. The van der Waals surface area contributed by atoms with Crippen molar-refractivity contribution in [3.8, 4) is 0 Å². The molecule has 2 rings (SSSR count). The predicted octanol–water partition coefficient (Wildman–Crippen LogP) is 2.72. The van der Waals surface area contributed by atoms with Crippen molar-refractivity contribution in [2.45, 2.75) is 27.3 Å². The Bertz CT molecular complexity index is 573. The minimum atomic E-state index is -0.261. The molecule has 2 heterocycles. The van der Waals surface area contributed by atoms with Gasteiger partial charge in [0.1, 0.15) is 0 Å². The van der Waals surface area contributed by atoms with E-state index < -0.39 is 0 Å². The number of carbonyl (C=O) groups is 1. The molecule has 0 saturated carbocycles. The molecule has 4 nitrogen and oxygen atoms in total. The van der Waals surface area contributed by atoms with Gasteiger partial charge in [-0.1, -0.05) is 6.07 Å². The first kappa shape index (κ1) is 13.3. The number of esters is 1. The van der Waals surface area contributed by atoms with E-state index in [0.717, 1.165) is 17.1 Å². The van der Waals surface area contributed by atoms with Crippen molar-refractivity contribution in [2.75, 3.05) is 6.61 Å². The van der Waals surface area contributed by atoms with Crippen LogP contribution in [-0.4, -0.2) is 22.1 Å². The Labute approximate surface area is 113 Å². The van der Waals surface area contributed by atoms with Crippen LogP contribution in [0.5, 0.6) is 0 Å². The van der Waals surface area contributed by atoms with Crippen LogP contribution in [0.1, 0.15) is 34.4 Å². The standard InChI is InChI=1S/C15H18N2O2/c1-4-19-15(18)14-9-11(2)17(12(14)3)10-13-7-5-6-8-16-13/h5-9H,4,10H2,1-3H3. The van der Waals surface area contributed by atoms with Crippen molar-refractivity contribution in [2.24, 2.45) is 0 Å². The van der Waals surface area contributed by atoms with Crippen molar-refractivity contribution >= 4 is 5.97 Å². The first-order valence-electron chi connectivity index (χ1n) is 6.37. The van der Waals surface area contributed by atoms with E-state index >= 15 is 0 Å². The van der Waals surface area contributed by atoms with Gasteiger partial charge in [-0.05, 0) is 39.0 Å². The third-order valence-corrected chi connectivity index (χ3v) is 3.12. The van der Waals surface area contributed by atoms with Gasteiger partial charge < -0.3 is 9.30 Å². The summed E-state index contributed by atoms with van der Waals surface area (Å²) in [5.74, 6) is -0.261. The molecule has 0 aliphatic heterocycles. The molecule has 0 aliphatic rings.